The van der Waals surface area contributed by atoms with Crippen molar-refractivity contribution in [3.05, 3.63) is 34.3 Å². The fraction of sp³-hybridized carbons (Fsp3) is 0.200. The molecule has 78 valence electrons. The van der Waals surface area contributed by atoms with E-state index in [1.807, 2.05) is 29.5 Å². The monoisotopic (exact) mass is 268 g/mol. The molecule has 15 heavy (non-hydrogen) atoms. The second kappa shape index (κ2) is 3.66. The third-order valence-corrected chi connectivity index (χ3v) is 2.80. The van der Waals surface area contributed by atoms with Gasteiger partial charge >= 0.3 is 5.97 Å². The highest BCUT2D eigenvalue weighted by Gasteiger charge is 2.12. The first-order valence-electron chi connectivity index (χ1n) is 4.44. The Morgan fingerprint density at radius 3 is 3.00 bits per heavy atom. The lowest BCUT2D eigenvalue weighted by molar-refractivity contribution is -0.136. The Morgan fingerprint density at radius 2 is 2.33 bits per heavy atom. The van der Waals surface area contributed by atoms with Crippen molar-refractivity contribution < 1.29 is 9.90 Å². The standard InChI is InChI=1S/C10H9BrN2O2/c1-6-12-7(5-10(14)15)8-3-2-4-9(11)13(6)8/h2-4H,5H2,1H3,(H,14,15). The van der Waals surface area contributed by atoms with Crippen molar-refractivity contribution in [3.8, 4) is 0 Å². The van der Waals surface area contributed by atoms with E-state index in [1.165, 1.54) is 0 Å². The molecule has 2 aromatic heterocycles. The van der Waals surface area contributed by atoms with Crippen molar-refractivity contribution in [1.82, 2.24) is 9.38 Å². The predicted molar refractivity (Wildman–Crippen MR) is 59.0 cm³/mol. The summed E-state index contributed by atoms with van der Waals surface area (Å²) in [5.74, 6) is -0.0799. The molecular weight excluding hydrogens is 260 g/mol. The van der Waals surface area contributed by atoms with Gasteiger partial charge in [-0.25, -0.2) is 4.98 Å². The number of carbonyl (C=O) groups is 1. The third kappa shape index (κ3) is 1.74. The molecule has 0 spiro atoms. The summed E-state index contributed by atoms with van der Waals surface area (Å²) >= 11 is 3.40. The Labute approximate surface area is 94.7 Å². The second-order valence-corrected chi connectivity index (χ2v) is 4.06. The molecular formula is C10H9BrN2O2. The number of nitrogens with zero attached hydrogens (tertiary/aromatic N) is 2. The minimum Gasteiger partial charge on any atom is -0.481 e. The van der Waals surface area contributed by atoms with Crippen molar-refractivity contribution in [2.75, 3.05) is 0 Å². The summed E-state index contributed by atoms with van der Waals surface area (Å²) in [4.78, 5) is 14.9. The molecule has 0 saturated heterocycles. The normalized spacial score (nSPS) is 10.8. The molecule has 0 radical (unpaired) electrons. The van der Waals surface area contributed by atoms with Gasteiger partial charge in [-0.15, -0.1) is 0 Å². The highest BCUT2D eigenvalue weighted by atomic mass is 79.9. The van der Waals surface area contributed by atoms with E-state index in [0.29, 0.717) is 5.69 Å². The molecule has 0 unspecified atom stereocenters. The van der Waals surface area contributed by atoms with Crippen LogP contribution in [0.3, 0.4) is 0 Å². The summed E-state index contributed by atoms with van der Waals surface area (Å²) in [5, 5.41) is 8.74. The molecule has 0 aliphatic carbocycles. The molecule has 0 fully saturated rings. The lowest BCUT2D eigenvalue weighted by Crippen LogP contribution is -2.00. The number of halogens is 1. The van der Waals surface area contributed by atoms with Gasteiger partial charge in [0.2, 0.25) is 0 Å². The summed E-state index contributed by atoms with van der Waals surface area (Å²) in [5.41, 5.74) is 1.44. The van der Waals surface area contributed by atoms with E-state index < -0.39 is 5.97 Å². The largest absolute Gasteiger partial charge is 0.481 e. The first kappa shape index (κ1) is 10.2. The molecule has 0 aliphatic heterocycles. The minimum absolute atomic E-state index is 0.0478. The number of aryl methyl sites for hydroxylation is 1. The van der Waals surface area contributed by atoms with Crippen LogP contribution in [0.15, 0.2) is 22.8 Å². The smallest absolute Gasteiger partial charge is 0.309 e. The fourth-order valence-corrected chi connectivity index (χ4v) is 2.21. The molecule has 0 atom stereocenters. The minimum atomic E-state index is -0.866. The average Bonchev–Trinajstić information content (AvgIpc) is 2.44. The van der Waals surface area contributed by atoms with Gasteiger partial charge in [-0.05, 0) is 35.0 Å². The van der Waals surface area contributed by atoms with Gasteiger partial charge in [0.15, 0.2) is 0 Å². The number of rotatable bonds is 2. The molecule has 0 aromatic carbocycles. The maximum atomic E-state index is 10.6. The molecule has 0 amide bonds. The number of pyridine rings is 1. The van der Waals surface area contributed by atoms with Crippen molar-refractivity contribution in [2.45, 2.75) is 13.3 Å². The number of hydrogen-bond donors (Lipinski definition) is 1. The topological polar surface area (TPSA) is 54.6 Å². The van der Waals surface area contributed by atoms with E-state index in [2.05, 4.69) is 20.9 Å². The summed E-state index contributed by atoms with van der Waals surface area (Å²) in [6.45, 7) is 1.85. The van der Waals surface area contributed by atoms with Gasteiger partial charge in [-0.1, -0.05) is 6.07 Å². The van der Waals surface area contributed by atoms with Crippen LogP contribution < -0.4 is 0 Å². The Bertz CT molecular complexity index is 533. The quantitative estimate of drug-likeness (QED) is 0.849. The molecule has 4 nitrogen and oxygen atoms in total. The van der Waals surface area contributed by atoms with E-state index in [0.717, 1.165) is 15.9 Å². The Balaban J connectivity index is 2.68. The summed E-state index contributed by atoms with van der Waals surface area (Å²) in [6, 6.07) is 5.63. The molecule has 5 heteroatoms. The van der Waals surface area contributed by atoms with E-state index >= 15 is 0 Å². The SMILES string of the molecule is Cc1nc(CC(=O)O)c2cccc(Br)n12. The number of aromatic nitrogens is 2. The van der Waals surface area contributed by atoms with Gasteiger partial charge in [-0.2, -0.15) is 0 Å². The van der Waals surface area contributed by atoms with Crippen molar-refractivity contribution in [2.24, 2.45) is 0 Å². The first-order chi connectivity index (χ1) is 7.09. The zero-order valence-electron chi connectivity index (χ0n) is 8.07. The van der Waals surface area contributed by atoms with Crippen LogP contribution in [0, 0.1) is 6.92 Å². The number of imidazole rings is 1. The summed E-state index contributed by atoms with van der Waals surface area (Å²) < 4.78 is 2.76. The van der Waals surface area contributed by atoms with Crippen LogP contribution in [0.1, 0.15) is 11.5 Å². The second-order valence-electron chi connectivity index (χ2n) is 3.25. The Morgan fingerprint density at radius 1 is 1.60 bits per heavy atom. The van der Waals surface area contributed by atoms with Crippen molar-refractivity contribution in [3.63, 3.8) is 0 Å². The van der Waals surface area contributed by atoms with Gasteiger partial charge < -0.3 is 5.11 Å². The van der Waals surface area contributed by atoms with E-state index in [4.69, 9.17) is 5.11 Å². The molecule has 2 rings (SSSR count). The van der Waals surface area contributed by atoms with Crippen LogP contribution in [0.5, 0.6) is 0 Å². The van der Waals surface area contributed by atoms with Crippen molar-refractivity contribution in [1.29, 1.82) is 0 Å². The average molecular weight is 269 g/mol. The van der Waals surface area contributed by atoms with Crippen LogP contribution in [0.25, 0.3) is 5.52 Å². The maximum Gasteiger partial charge on any atom is 0.309 e. The van der Waals surface area contributed by atoms with E-state index in [9.17, 15) is 4.79 Å². The van der Waals surface area contributed by atoms with Crippen LogP contribution in [-0.4, -0.2) is 20.5 Å². The molecule has 0 bridgehead atoms. The Kier molecular flexibility index (Phi) is 2.48. The number of hydrogen-bond acceptors (Lipinski definition) is 2. The van der Waals surface area contributed by atoms with Gasteiger partial charge in [0.05, 0.1) is 22.2 Å². The van der Waals surface area contributed by atoms with E-state index in [-0.39, 0.29) is 6.42 Å². The lowest BCUT2D eigenvalue weighted by Gasteiger charge is -1.99. The molecule has 2 aromatic rings. The van der Waals surface area contributed by atoms with Crippen LogP contribution in [-0.2, 0) is 11.2 Å². The fourth-order valence-electron chi connectivity index (χ4n) is 1.61. The van der Waals surface area contributed by atoms with Gasteiger partial charge in [0.25, 0.3) is 0 Å². The summed E-state index contributed by atoms with van der Waals surface area (Å²) in [6.07, 6.45) is -0.0478. The highest BCUT2D eigenvalue weighted by Crippen LogP contribution is 2.19. The van der Waals surface area contributed by atoms with Crippen LogP contribution in [0.2, 0.25) is 0 Å². The third-order valence-electron chi connectivity index (χ3n) is 2.18. The van der Waals surface area contributed by atoms with Crippen LogP contribution >= 0.6 is 15.9 Å². The molecule has 1 N–H and O–H groups in total. The highest BCUT2D eigenvalue weighted by molar-refractivity contribution is 9.10. The molecule has 2 heterocycles. The summed E-state index contributed by atoms with van der Waals surface area (Å²) in [7, 11) is 0. The number of carboxylic acids is 1. The Hall–Kier alpha value is -1.36. The molecule has 0 saturated carbocycles. The zero-order chi connectivity index (χ0) is 11.0. The van der Waals surface area contributed by atoms with Crippen LogP contribution in [0.4, 0.5) is 0 Å². The number of carboxylic acid groups (broad SMARTS) is 1. The maximum absolute atomic E-state index is 10.6. The molecule has 0 aliphatic rings. The first-order valence-corrected chi connectivity index (χ1v) is 5.23. The number of fused-ring (bicyclic) bond motifs is 1. The lowest BCUT2D eigenvalue weighted by atomic mass is 10.2. The van der Waals surface area contributed by atoms with E-state index in [1.54, 1.807) is 0 Å². The zero-order valence-corrected chi connectivity index (χ0v) is 9.65. The van der Waals surface area contributed by atoms with Gasteiger partial charge in [0.1, 0.15) is 5.82 Å². The predicted octanol–water partition coefficient (Wildman–Crippen LogP) is 2.03. The van der Waals surface area contributed by atoms with Gasteiger partial charge in [0, 0.05) is 0 Å². The van der Waals surface area contributed by atoms with Gasteiger partial charge in [-0.3, -0.25) is 9.20 Å². The van der Waals surface area contributed by atoms with Crippen molar-refractivity contribution >= 4 is 27.4 Å². The number of aliphatic carboxylic acids is 1.